The van der Waals surface area contributed by atoms with Gasteiger partial charge in [0.25, 0.3) is 5.91 Å². The molecule has 4 nitrogen and oxygen atoms in total. The Morgan fingerprint density at radius 3 is 2.74 bits per heavy atom. The Balaban J connectivity index is 2.21. The van der Waals surface area contributed by atoms with Crippen LogP contribution in [0.5, 0.6) is 5.75 Å². The van der Waals surface area contributed by atoms with Crippen molar-refractivity contribution in [1.29, 1.82) is 0 Å². The van der Waals surface area contributed by atoms with Crippen molar-refractivity contribution in [3.63, 3.8) is 0 Å². The van der Waals surface area contributed by atoms with Crippen molar-refractivity contribution in [1.82, 2.24) is 4.90 Å². The summed E-state index contributed by atoms with van der Waals surface area (Å²) in [7, 11) is 1.58. The monoisotopic (exact) mass is 262 g/mol. The van der Waals surface area contributed by atoms with Crippen molar-refractivity contribution in [2.24, 2.45) is 5.92 Å². The van der Waals surface area contributed by atoms with E-state index in [9.17, 15) is 4.79 Å². The first-order valence-electron chi connectivity index (χ1n) is 6.76. The number of rotatable bonds is 2. The molecule has 2 N–H and O–H groups in total. The largest absolute Gasteiger partial charge is 0.497 e. The van der Waals surface area contributed by atoms with Crippen molar-refractivity contribution in [3.8, 4) is 5.75 Å². The zero-order valence-corrected chi connectivity index (χ0v) is 11.8. The molecule has 1 aliphatic rings. The highest BCUT2D eigenvalue weighted by Gasteiger charge is 2.27. The predicted octanol–water partition coefficient (Wildman–Crippen LogP) is 2.54. The van der Waals surface area contributed by atoms with Crippen LogP contribution in [0.1, 0.15) is 37.0 Å². The molecule has 1 fully saturated rings. The molecule has 4 heteroatoms. The van der Waals surface area contributed by atoms with Gasteiger partial charge >= 0.3 is 0 Å². The van der Waals surface area contributed by atoms with Crippen molar-refractivity contribution in [3.05, 3.63) is 23.8 Å². The molecule has 1 saturated heterocycles. The SMILES string of the molecule is COc1cc(N)cc(C(=O)N2CCC(C)CC2C)c1. The number of nitrogens with two attached hydrogens (primary N) is 1. The Kier molecular flexibility index (Phi) is 3.98. The van der Waals surface area contributed by atoms with Gasteiger partial charge in [0.05, 0.1) is 7.11 Å². The van der Waals surface area contributed by atoms with Gasteiger partial charge in [-0.1, -0.05) is 6.92 Å². The molecule has 1 heterocycles. The Morgan fingerprint density at radius 1 is 1.37 bits per heavy atom. The number of likely N-dealkylation sites (tertiary alicyclic amines) is 1. The van der Waals surface area contributed by atoms with Crippen LogP contribution in [0.25, 0.3) is 0 Å². The van der Waals surface area contributed by atoms with Crippen molar-refractivity contribution < 1.29 is 9.53 Å². The van der Waals surface area contributed by atoms with Gasteiger partial charge in [-0.15, -0.1) is 0 Å². The van der Waals surface area contributed by atoms with Gasteiger partial charge in [0.1, 0.15) is 5.75 Å². The van der Waals surface area contributed by atoms with E-state index in [1.54, 1.807) is 25.3 Å². The van der Waals surface area contributed by atoms with E-state index in [1.165, 1.54) is 0 Å². The molecule has 2 atom stereocenters. The third-order valence-electron chi connectivity index (χ3n) is 3.81. The van der Waals surface area contributed by atoms with Gasteiger partial charge in [-0.25, -0.2) is 0 Å². The fraction of sp³-hybridized carbons (Fsp3) is 0.533. The zero-order chi connectivity index (χ0) is 14.0. The minimum atomic E-state index is 0.0463. The van der Waals surface area contributed by atoms with E-state index in [1.807, 2.05) is 4.90 Å². The molecule has 104 valence electrons. The number of hydrogen-bond donors (Lipinski definition) is 1. The topological polar surface area (TPSA) is 55.6 Å². The third kappa shape index (κ3) is 3.00. The summed E-state index contributed by atoms with van der Waals surface area (Å²) in [6, 6.07) is 5.47. The van der Waals surface area contributed by atoms with Crippen LogP contribution in [0.3, 0.4) is 0 Å². The summed E-state index contributed by atoms with van der Waals surface area (Å²) >= 11 is 0. The molecular weight excluding hydrogens is 240 g/mol. The number of piperidine rings is 1. The minimum Gasteiger partial charge on any atom is -0.497 e. The molecule has 1 aromatic carbocycles. The first-order chi connectivity index (χ1) is 9.01. The lowest BCUT2D eigenvalue weighted by Gasteiger charge is -2.36. The highest BCUT2D eigenvalue weighted by molar-refractivity contribution is 5.95. The van der Waals surface area contributed by atoms with Gasteiger partial charge in [-0.2, -0.15) is 0 Å². The number of carbonyl (C=O) groups is 1. The van der Waals surface area contributed by atoms with E-state index in [-0.39, 0.29) is 11.9 Å². The van der Waals surface area contributed by atoms with Crippen molar-refractivity contribution in [2.75, 3.05) is 19.4 Å². The van der Waals surface area contributed by atoms with Gasteiger partial charge in [0.2, 0.25) is 0 Å². The number of ether oxygens (including phenoxy) is 1. The maximum atomic E-state index is 12.6. The maximum absolute atomic E-state index is 12.6. The summed E-state index contributed by atoms with van der Waals surface area (Å²) in [5, 5.41) is 0. The van der Waals surface area contributed by atoms with E-state index in [2.05, 4.69) is 13.8 Å². The summed E-state index contributed by atoms with van der Waals surface area (Å²) in [5.41, 5.74) is 6.97. The van der Waals surface area contributed by atoms with Crippen LogP contribution in [0.2, 0.25) is 0 Å². The van der Waals surface area contributed by atoms with Crippen LogP contribution in [-0.2, 0) is 0 Å². The Hall–Kier alpha value is -1.71. The smallest absolute Gasteiger partial charge is 0.254 e. The molecular formula is C15H22N2O2. The zero-order valence-electron chi connectivity index (χ0n) is 11.8. The first kappa shape index (κ1) is 13.7. The highest BCUT2D eigenvalue weighted by Crippen LogP contribution is 2.26. The van der Waals surface area contributed by atoms with Gasteiger partial charge in [-0.05, 0) is 37.8 Å². The summed E-state index contributed by atoms with van der Waals surface area (Å²) in [6.07, 6.45) is 2.13. The molecule has 1 aliphatic heterocycles. The number of nitrogen functional groups attached to an aromatic ring is 1. The van der Waals surface area contributed by atoms with E-state index < -0.39 is 0 Å². The van der Waals surface area contributed by atoms with Gasteiger partial charge in [0, 0.05) is 29.9 Å². The molecule has 0 bridgehead atoms. The van der Waals surface area contributed by atoms with E-state index in [0.29, 0.717) is 22.9 Å². The summed E-state index contributed by atoms with van der Waals surface area (Å²) in [4.78, 5) is 14.5. The minimum absolute atomic E-state index is 0.0463. The van der Waals surface area contributed by atoms with Crippen LogP contribution >= 0.6 is 0 Å². The van der Waals surface area contributed by atoms with Gasteiger partial charge in [0.15, 0.2) is 0 Å². The number of carbonyl (C=O) groups excluding carboxylic acids is 1. The molecule has 2 rings (SSSR count). The quantitative estimate of drug-likeness (QED) is 0.833. The fourth-order valence-electron chi connectivity index (χ4n) is 2.74. The number of anilines is 1. The summed E-state index contributed by atoms with van der Waals surface area (Å²) in [6.45, 7) is 5.16. The highest BCUT2D eigenvalue weighted by atomic mass is 16.5. The average molecular weight is 262 g/mol. The molecule has 0 spiro atoms. The fourth-order valence-corrected chi connectivity index (χ4v) is 2.74. The van der Waals surface area contributed by atoms with E-state index >= 15 is 0 Å². The Labute approximate surface area is 114 Å². The van der Waals surface area contributed by atoms with Crippen LogP contribution in [-0.4, -0.2) is 30.5 Å². The second-order valence-electron chi connectivity index (χ2n) is 5.47. The second kappa shape index (κ2) is 5.51. The number of nitrogens with zero attached hydrogens (tertiary/aromatic N) is 1. The first-order valence-corrected chi connectivity index (χ1v) is 6.76. The third-order valence-corrected chi connectivity index (χ3v) is 3.81. The Morgan fingerprint density at radius 2 is 2.11 bits per heavy atom. The number of benzene rings is 1. The van der Waals surface area contributed by atoms with E-state index in [4.69, 9.17) is 10.5 Å². The number of amides is 1. The molecule has 1 amide bonds. The van der Waals surface area contributed by atoms with Crippen molar-refractivity contribution in [2.45, 2.75) is 32.7 Å². The van der Waals surface area contributed by atoms with Gasteiger partial charge in [-0.3, -0.25) is 4.79 Å². The van der Waals surface area contributed by atoms with Crippen molar-refractivity contribution >= 4 is 11.6 Å². The molecule has 1 aromatic rings. The van der Waals surface area contributed by atoms with Crippen LogP contribution < -0.4 is 10.5 Å². The molecule has 0 aliphatic carbocycles. The number of hydrogen-bond acceptors (Lipinski definition) is 3. The van der Waals surface area contributed by atoms with Crippen LogP contribution in [0.4, 0.5) is 5.69 Å². The predicted molar refractivity (Wildman–Crippen MR) is 76.3 cm³/mol. The summed E-state index contributed by atoms with van der Waals surface area (Å²) in [5.74, 6) is 1.36. The normalized spacial score (nSPS) is 23.2. The standard InChI is InChI=1S/C15H22N2O2/c1-10-4-5-17(11(2)6-10)15(18)12-7-13(16)9-14(8-12)19-3/h7-11H,4-6,16H2,1-3H3. The Bertz CT molecular complexity index is 473. The van der Waals surface area contributed by atoms with E-state index in [0.717, 1.165) is 19.4 Å². The molecule has 0 saturated carbocycles. The second-order valence-corrected chi connectivity index (χ2v) is 5.47. The lowest BCUT2D eigenvalue weighted by atomic mass is 9.93. The maximum Gasteiger partial charge on any atom is 0.254 e. The lowest BCUT2D eigenvalue weighted by Crippen LogP contribution is -2.44. The number of methoxy groups -OCH3 is 1. The van der Waals surface area contributed by atoms with Crippen LogP contribution in [0.15, 0.2) is 18.2 Å². The lowest BCUT2D eigenvalue weighted by molar-refractivity contribution is 0.0588. The summed E-state index contributed by atoms with van der Waals surface area (Å²) < 4.78 is 5.17. The molecule has 0 radical (unpaired) electrons. The molecule has 2 unspecified atom stereocenters. The average Bonchev–Trinajstić information content (AvgIpc) is 2.37. The van der Waals surface area contributed by atoms with Crippen LogP contribution in [0, 0.1) is 5.92 Å². The molecule has 0 aromatic heterocycles. The molecule has 19 heavy (non-hydrogen) atoms. The van der Waals surface area contributed by atoms with Gasteiger partial charge < -0.3 is 15.4 Å².